The minimum atomic E-state index is -1.11. The number of carbonyl (C=O) groups is 3. The third kappa shape index (κ3) is 12.2. The van der Waals surface area contributed by atoms with Gasteiger partial charge in [-0.3, -0.25) is 9.59 Å². The number of halogens is 2. The van der Waals surface area contributed by atoms with E-state index in [9.17, 15) is 24.6 Å². The Morgan fingerprint density at radius 2 is 1.13 bits per heavy atom. The van der Waals surface area contributed by atoms with Gasteiger partial charge >= 0.3 is 17.9 Å². The fraction of sp³-hybridized carbons (Fsp3) is 0.146. The molecule has 0 fully saturated rings. The average Bonchev–Trinajstić information content (AvgIpc) is 3.11. The van der Waals surface area contributed by atoms with Crippen LogP contribution in [0.2, 0.25) is 10.0 Å². The molecule has 0 saturated carbocycles. The maximum Gasteiger partial charge on any atom is 0.339 e. The first-order chi connectivity index (χ1) is 24.8. The Hall–Kier alpha value is -5.77. The number of esters is 1. The number of aliphatic carboxylic acids is 1. The van der Waals surface area contributed by atoms with Crippen molar-refractivity contribution in [3.8, 4) is 17.2 Å². The molecule has 0 spiro atoms. The molecule has 52 heavy (non-hydrogen) atoms. The number of hydrogen-bond acceptors (Lipinski definition) is 7. The molecule has 0 aliphatic rings. The summed E-state index contributed by atoms with van der Waals surface area (Å²) in [5.74, 6) is -1.90. The zero-order chi connectivity index (χ0) is 38.2. The van der Waals surface area contributed by atoms with E-state index in [0.717, 1.165) is 24.0 Å². The number of carbonyl (C=O) groups excluding carboxylic acids is 1. The van der Waals surface area contributed by atoms with E-state index in [0.29, 0.717) is 27.0 Å². The molecule has 11 heteroatoms. The molecule has 0 bridgehead atoms. The Labute approximate surface area is 312 Å². The smallest absolute Gasteiger partial charge is 0.339 e. The molecular weight excluding hydrogens is 705 g/mol. The molecule has 270 valence electrons. The fourth-order valence-electron chi connectivity index (χ4n) is 5.11. The summed E-state index contributed by atoms with van der Waals surface area (Å²) in [6.45, 7) is 5.50. The van der Waals surface area contributed by atoms with Gasteiger partial charge in [0.15, 0.2) is 0 Å². The van der Waals surface area contributed by atoms with E-state index in [1.807, 2.05) is 30.3 Å². The van der Waals surface area contributed by atoms with Crippen molar-refractivity contribution < 1.29 is 39.5 Å². The standard InChI is InChI=1S/C18H20O2.C14H11Cl2NO2.C9H8O4/c1-3-17(13-5-9-15(19)10-6-13)18(4-2)14-7-11-16(20)12-8-14;15-10-5-3-6-11(16)14(10)17-12-7-2-1-4-9(12)8-13(18)19;1-6(10)13-8-5-3-2-4-7(8)9(11)12/h5-12,19-20H,3-4H2,1-2H3;1-7,17H,8H2,(H,18,19);2-5H,1H3,(H,11,12)/b18-17+;;. The minimum absolute atomic E-state index is 0.0160. The van der Waals surface area contributed by atoms with Crippen LogP contribution in [-0.2, 0) is 16.0 Å². The Bertz CT molecular complexity index is 1930. The molecule has 0 radical (unpaired) electrons. The molecule has 0 aromatic heterocycles. The lowest BCUT2D eigenvalue weighted by atomic mass is 9.91. The molecule has 5 rings (SSSR count). The summed E-state index contributed by atoms with van der Waals surface area (Å²) in [6.07, 6.45) is 1.79. The van der Waals surface area contributed by atoms with Crippen molar-refractivity contribution >= 4 is 63.6 Å². The molecule has 5 aromatic rings. The Morgan fingerprint density at radius 1 is 0.654 bits per heavy atom. The van der Waals surface area contributed by atoms with Crippen molar-refractivity contribution in [1.29, 1.82) is 0 Å². The maximum atomic E-state index is 10.8. The lowest BCUT2D eigenvalue weighted by molar-refractivity contribution is -0.136. The largest absolute Gasteiger partial charge is 0.508 e. The Kier molecular flexibility index (Phi) is 15.8. The topological polar surface area (TPSA) is 153 Å². The number of carboxylic acids is 2. The molecule has 0 amide bonds. The van der Waals surface area contributed by atoms with Gasteiger partial charge in [0.05, 0.1) is 22.2 Å². The van der Waals surface area contributed by atoms with Gasteiger partial charge in [-0.05, 0) is 95.3 Å². The number of aromatic carboxylic acids is 1. The zero-order valence-corrected chi connectivity index (χ0v) is 30.3. The minimum Gasteiger partial charge on any atom is -0.508 e. The monoisotopic (exact) mass is 743 g/mol. The van der Waals surface area contributed by atoms with E-state index in [1.54, 1.807) is 72.8 Å². The number of phenols is 2. The van der Waals surface area contributed by atoms with Crippen LogP contribution >= 0.6 is 23.2 Å². The number of anilines is 2. The van der Waals surface area contributed by atoms with Crippen LogP contribution in [0, 0.1) is 0 Å². The van der Waals surface area contributed by atoms with E-state index in [-0.39, 0.29) is 29.2 Å². The van der Waals surface area contributed by atoms with Gasteiger partial charge in [-0.2, -0.15) is 0 Å². The van der Waals surface area contributed by atoms with E-state index in [4.69, 9.17) is 33.4 Å². The first kappa shape index (κ1) is 40.7. The summed E-state index contributed by atoms with van der Waals surface area (Å²) in [7, 11) is 0. The van der Waals surface area contributed by atoms with Crippen molar-refractivity contribution in [1.82, 2.24) is 0 Å². The number of hydrogen-bond donors (Lipinski definition) is 5. The summed E-state index contributed by atoms with van der Waals surface area (Å²) in [6, 6.07) is 33.0. The molecule has 0 unspecified atom stereocenters. The van der Waals surface area contributed by atoms with Gasteiger partial charge in [0.25, 0.3) is 0 Å². The third-order valence-electron chi connectivity index (χ3n) is 7.46. The number of rotatable bonds is 10. The number of allylic oxidation sites excluding steroid dienone is 2. The van der Waals surface area contributed by atoms with E-state index in [2.05, 4.69) is 23.9 Å². The Balaban J connectivity index is 0.000000215. The first-order valence-corrected chi connectivity index (χ1v) is 16.9. The van der Waals surface area contributed by atoms with Crippen LogP contribution in [0.3, 0.4) is 0 Å². The van der Waals surface area contributed by atoms with Crippen LogP contribution in [0.4, 0.5) is 11.4 Å². The average molecular weight is 745 g/mol. The lowest BCUT2D eigenvalue weighted by Gasteiger charge is -2.14. The van der Waals surface area contributed by atoms with Crippen LogP contribution in [-0.4, -0.2) is 38.3 Å². The van der Waals surface area contributed by atoms with Crippen LogP contribution < -0.4 is 10.1 Å². The summed E-state index contributed by atoms with van der Waals surface area (Å²) in [5.41, 5.74) is 6.73. The molecule has 0 saturated heterocycles. The number of ether oxygens (including phenoxy) is 1. The SMILES string of the molecule is CC(=O)Oc1ccccc1C(=O)O.CC/C(=C(/CC)c1ccc(O)cc1)c1ccc(O)cc1.O=C(O)Cc1ccccc1Nc1c(Cl)cccc1Cl. The third-order valence-corrected chi connectivity index (χ3v) is 8.09. The second-order valence-electron chi connectivity index (χ2n) is 11.1. The van der Waals surface area contributed by atoms with E-state index >= 15 is 0 Å². The highest BCUT2D eigenvalue weighted by atomic mass is 35.5. The van der Waals surface area contributed by atoms with Crippen molar-refractivity contribution in [2.24, 2.45) is 0 Å². The second kappa shape index (κ2) is 20.2. The van der Waals surface area contributed by atoms with Gasteiger partial charge in [-0.1, -0.05) is 97.7 Å². The molecule has 5 aromatic carbocycles. The van der Waals surface area contributed by atoms with Gasteiger partial charge in [0, 0.05) is 12.6 Å². The van der Waals surface area contributed by atoms with Gasteiger partial charge in [0.2, 0.25) is 0 Å². The highest BCUT2D eigenvalue weighted by Crippen LogP contribution is 2.34. The summed E-state index contributed by atoms with van der Waals surface area (Å²) >= 11 is 12.1. The molecule has 0 atom stereocenters. The molecule has 9 nitrogen and oxygen atoms in total. The fourth-order valence-corrected chi connectivity index (χ4v) is 5.60. The van der Waals surface area contributed by atoms with Crippen LogP contribution in [0.25, 0.3) is 11.1 Å². The van der Waals surface area contributed by atoms with Crippen molar-refractivity contribution in [2.75, 3.05) is 5.32 Å². The number of para-hydroxylation sites is 3. The van der Waals surface area contributed by atoms with E-state index in [1.165, 1.54) is 30.2 Å². The predicted octanol–water partition coefficient (Wildman–Crippen LogP) is 10.5. The summed E-state index contributed by atoms with van der Waals surface area (Å²) in [5, 5.41) is 40.5. The molecular formula is C41H39Cl2NO8. The number of carboxylic acid groups (broad SMARTS) is 2. The molecule has 5 N–H and O–H groups in total. The van der Waals surface area contributed by atoms with Crippen molar-refractivity contribution in [3.05, 3.63) is 148 Å². The number of benzene rings is 5. The van der Waals surface area contributed by atoms with Crippen LogP contribution in [0.5, 0.6) is 17.2 Å². The van der Waals surface area contributed by atoms with Crippen LogP contribution in [0.1, 0.15) is 60.7 Å². The van der Waals surface area contributed by atoms with Crippen molar-refractivity contribution in [2.45, 2.75) is 40.0 Å². The lowest BCUT2D eigenvalue weighted by Crippen LogP contribution is -2.06. The van der Waals surface area contributed by atoms with Crippen molar-refractivity contribution in [3.63, 3.8) is 0 Å². The number of nitrogens with one attached hydrogen (secondary N) is 1. The first-order valence-electron chi connectivity index (χ1n) is 16.2. The predicted molar refractivity (Wildman–Crippen MR) is 206 cm³/mol. The second-order valence-corrected chi connectivity index (χ2v) is 11.9. The highest BCUT2D eigenvalue weighted by molar-refractivity contribution is 6.39. The summed E-state index contributed by atoms with van der Waals surface area (Å²) in [4.78, 5) is 32.0. The zero-order valence-electron chi connectivity index (χ0n) is 28.8. The number of aromatic hydroxyl groups is 2. The summed E-state index contributed by atoms with van der Waals surface area (Å²) < 4.78 is 4.69. The normalized spacial score (nSPS) is 10.7. The van der Waals surface area contributed by atoms with Gasteiger partial charge in [-0.15, -0.1) is 0 Å². The quantitative estimate of drug-likeness (QED) is 0.0534. The van der Waals surface area contributed by atoms with Gasteiger partial charge in [0.1, 0.15) is 22.8 Å². The van der Waals surface area contributed by atoms with Crippen LogP contribution in [0.15, 0.2) is 115 Å². The maximum absolute atomic E-state index is 10.8. The number of phenolic OH excluding ortho intramolecular Hbond substituents is 2. The Morgan fingerprint density at radius 3 is 1.60 bits per heavy atom. The molecule has 0 heterocycles. The highest BCUT2D eigenvalue weighted by Gasteiger charge is 2.12. The molecule has 0 aliphatic heterocycles. The van der Waals surface area contributed by atoms with E-state index < -0.39 is 17.9 Å². The molecule has 0 aliphatic carbocycles. The van der Waals surface area contributed by atoms with Gasteiger partial charge < -0.3 is 30.5 Å². The van der Waals surface area contributed by atoms with Gasteiger partial charge in [-0.25, -0.2) is 4.79 Å².